The average Bonchev–Trinajstić information content (AvgIpc) is 2.57. The van der Waals surface area contributed by atoms with E-state index < -0.39 is 6.09 Å². The van der Waals surface area contributed by atoms with E-state index in [0.717, 1.165) is 25.3 Å². The van der Waals surface area contributed by atoms with Crippen LogP contribution in [0.3, 0.4) is 0 Å². The topological polar surface area (TPSA) is 65.0 Å². The molecule has 6 nitrogen and oxygen atoms in total. The maximum absolute atomic E-state index is 11.0. The van der Waals surface area contributed by atoms with Gasteiger partial charge in [-0.3, -0.25) is 0 Å². The normalized spacial score (nSPS) is 16.4. The van der Waals surface area contributed by atoms with Crippen molar-refractivity contribution in [2.75, 3.05) is 44.2 Å². The fraction of sp³-hybridized carbons (Fsp3) is 0.588. The van der Waals surface area contributed by atoms with Crippen molar-refractivity contribution < 1.29 is 14.6 Å². The lowest BCUT2D eigenvalue weighted by Gasteiger charge is -2.31. The van der Waals surface area contributed by atoms with Crippen molar-refractivity contribution in [1.82, 2.24) is 10.2 Å². The first-order valence-corrected chi connectivity index (χ1v) is 8.33. The third kappa shape index (κ3) is 7.18. The maximum atomic E-state index is 11.0. The number of halogens is 2. The van der Waals surface area contributed by atoms with Crippen LogP contribution in [0.2, 0.25) is 0 Å². The number of piperazine rings is 1. The molecule has 1 aromatic carbocycles. The second-order valence-corrected chi connectivity index (χ2v) is 5.69. The van der Waals surface area contributed by atoms with Gasteiger partial charge in [-0.2, -0.15) is 0 Å². The highest BCUT2D eigenvalue weighted by Crippen LogP contribution is 2.21. The van der Waals surface area contributed by atoms with Crippen molar-refractivity contribution in [1.29, 1.82) is 0 Å². The molecule has 0 saturated carbocycles. The molecular weight excluding hydrogens is 365 g/mol. The van der Waals surface area contributed by atoms with Gasteiger partial charge in [-0.1, -0.05) is 6.07 Å². The van der Waals surface area contributed by atoms with Crippen LogP contribution in [0.4, 0.5) is 10.5 Å². The minimum atomic E-state index is -0.843. The molecule has 1 atom stereocenters. The lowest BCUT2D eigenvalue weighted by atomic mass is 10.1. The van der Waals surface area contributed by atoms with Crippen LogP contribution in [0.15, 0.2) is 24.3 Å². The molecule has 1 saturated heterocycles. The molecule has 1 aliphatic rings. The maximum Gasteiger partial charge on any atom is 0.407 e. The van der Waals surface area contributed by atoms with Gasteiger partial charge in [-0.05, 0) is 32.4 Å². The smallest absolute Gasteiger partial charge is 0.407 e. The largest absolute Gasteiger partial charge is 0.493 e. The summed E-state index contributed by atoms with van der Waals surface area (Å²) < 4.78 is 5.85. The van der Waals surface area contributed by atoms with Crippen LogP contribution in [-0.2, 0) is 0 Å². The molecule has 0 spiro atoms. The molecule has 1 aliphatic heterocycles. The standard InChI is InChI=1S/C17H27N3O3.2ClH/c1-3-19(4-2)15-6-5-7-16(12-15)23-11-8-14-13-20(17(21)22)10-9-18-14;;/h5-7,12,14,18H,3-4,8-11,13H2,1-2H3,(H,21,22);2*1H/t14-;;/m1../s1. The zero-order valence-corrected chi connectivity index (χ0v) is 16.4. The summed E-state index contributed by atoms with van der Waals surface area (Å²) in [5.74, 6) is 0.861. The molecule has 0 unspecified atom stereocenters. The predicted octanol–water partition coefficient (Wildman–Crippen LogP) is 3.10. The first-order valence-electron chi connectivity index (χ1n) is 8.33. The van der Waals surface area contributed by atoms with E-state index >= 15 is 0 Å². The number of rotatable bonds is 7. The highest BCUT2D eigenvalue weighted by Gasteiger charge is 2.22. The van der Waals surface area contributed by atoms with Gasteiger partial charge in [0.25, 0.3) is 0 Å². The average molecular weight is 394 g/mol. The van der Waals surface area contributed by atoms with E-state index in [1.165, 1.54) is 10.6 Å². The summed E-state index contributed by atoms with van der Waals surface area (Å²) in [4.78, 5) is 14.8. The summed E-state index contributed by atoms with van der Waals surface area (Å²) in [5, 5.41) is 12.4. The third-order valence-electron chi connectivity index (χ3n) is 4.21. The van der Waals surface area contributed by atoms with Gasteiger partial charge >= 0.3 is 6.09 Å². The van der Waals surface area contributed by atoms with Crippen molar-refractivity contribution in [2.45, 2.75) is 26.3 Å². The highest BCUT2D eigenvalue weighted by molar-refractivity contribution is 5.85. The molecule has 2 N–H and O–H groups in total. The number of ether oxygens (including phenoxy) is 1. The lowest BCUT2D eigenvalue weighted by molar-refractivity contribution is 0.124. The van der Waals surface area contributed by atoms with E-state index in [9.17, 15) is 4.79 Å². The Morgan fingerprint density at radius 3 is 2.72 bits per heavy atom. The molecular formula is C17H29Cl2N3O3. The first kappa shape index (κ1) is 23.6. The number of hydrogen-bond donors (Lipinski definition) is 2. The number of nitrogens with zero attached hydrogens (tertiary/aromatic N) is 2. The van der Waals surface area contributed by atoms with E-state index in [1.807, 2.05) is 12.1 Å². The van der Waals surface area contributed by atoms with Crippen molar-refractivity contribution in [3.63, 3.8) is 0 Å². The highest BCUT2D eigenvalue weighted by atomic mass is 35.5. The number of carboxylic acid groups (broad SMARTS) is 1. The molecule has 1 heterocycles. The van der Waals surface area contributed by atoms with Gasteiger partial charge in [0, 0.05) is 50.5 Å². The summed E-state index contributed by atoms with van der Waals surface area (Å²) in [6.07, 6.45) is -0.0523. The van der Waals surface area contributed by atoms with Crippen molar-refractivity contribution >= 4 is 36.6 Å². The summed E-state index contributed by atoms with van der Waals surface area (Å²) in [7, 11) is 0. The molecule has 25 heavy (non-hydrogen) atoms. The van der Waals surface area contributed by atoms with Gasteiger partial charge in [0.05, 0.1) is 6.61 Å². The zero-order chi connectivity index (χ0) is 16.7. The Hall–Kier alpha value is -1.37. The van der Waals surface area contributed by atoms with E-state index in [2.05, 4.69) is 36.2 Å². The van der Waals surface area contributed by atoms with E-state index in [0.29, 0.717) is 26.2 Å². The quantitative estimate of drug-likeness (QED) is 0.744. The molecule has 1 aromatic rings. The number of hydrogen-bond acceptors (Lipinski definition) is 4. The van der Waals surface area contributed by atoms with Gasteiger partial charge < -0.3 is 25.0 Å². The van der Waals surface area contributed by atoms with Crippen LogP contribution in [0.5, 0.6) is 5.75 Å². The second kappa shape index (κ2) is 12.1. The number of amides is 1. The molecule has 0 radical (unpaired) electrons. The van der Waals surface area contributed by atoms with Gasteiger partial charge in [0.2, 0.25) is 0 Å². The number of carbonyl (C=O) groups is 1. The van der Waals surface area contributed by atoms with Crippen LogP contribution >= 0.6 is 24.8 Å². The zero-order valence-electron chi connectivity index (χ0n) is 14.8. The summed E-state index contributed by atoms with van der Waals surface area (Å²) in [6, 6.07) is 8.28. The summed E-state index contributed by atoms with van der Waals surface area (Å²) >= 11 is 0. The van der Waals surface area contributed by atoms with Gasteiger partial charge in [0.15, 0.2) is 0 Å². The minimum Gasteiger partial charge on any atom is -0.493 e. The van der Waals surface area contributed by atoms with E-state index in [1.54, 1.807) is 0 Å². The number of nitrogens with one attached hydrogen (secondary N) is 1. The van der Waals surface area contributed by atoms with Gasteiger partial charge in [-0.25, -0.2) is 4.79 Å². The van der Waals surface area contributed by atoms with Crippen LogP contribution in [0.25, 0.3) is 0 Å². The SMILES string of the molecule is CCN(CC)c1cccc(OCC[C@@H]2CN(C(=O)O)CCN2)c1.Cl.Cl. The van der Waals surface area contributed by atoms with E-state index in [4.69, 9.17) is 9.84 Å². The number of anilines is 1. The van der Waals surface area contributed by atoms with Crippen LogP contribution in [0.1, 0.15) is 20.3 Å². The monoisotopic (exact) mass is 393 g/mol. The molecule has 0 aromatic heterocycles. The Kier molecular flexibility index (Phi) is 11.4. The Morgan fingerprint density at radius 2 is 2.08 bits per heavy atom. The summed E-state index contributed by atoms with van der Waals surface area (Å²) in [6.45, 7) is 8.58. The Morgan fingerprint density at radius 1 is 1.36 bits per heavy atom. The Labute approximate surface area is 162 Å². The molecule has 1 fully saturated rings. The van der Waals surface area contributed by atoms with Crippen molar-refractivity contribution in [2.24, 2.45) is 0 Å². The number of benzene rings is 1. The lowest BCUT2D eigenvalue weighted by Crippen LogP contribution is -2.52. The predicted molar refractivity (Wildman–Crippen MR) is 106 cm³/mol. The van der Waals surface area contributed by atoms with Crippen LogP contribution in [-0.4, -0.2) is 61.5 Å². The first-order chi connectivity index (χ1) is 11.1. The van der Waals surface area contributed by atoms with Crippen molar-refractivity contribution in [3.8, 4) is 5.75 Å². The Bertz CT molecular complexity index is 516. The van der Waals surface area contributed by atoms with Gasteiger partial charge in [0.1, 0.15) is 5.75 Å². The Balaban J connectivity index is 0.00000288. The third-order valence-corrected chi connectivity index (χ3v) is 4.21. The molecule has 144 valence electrons. The van der Waals surface area contributed by atoms with Crippen molar-refractivity contribution in [3.05, 3.63) is 24.3 Å². The second-order valence-electron chi connectivity index (χ2n) is 5.69. The summed E-state index contributed by atoms with van der Waals surface area (Å²) in [5.41, 5.74) is 1.17. The van der Waals surface area contributed by atoms with Crippen LogP contribution in [0, 0.1) is 0 Å². The molecule has 1 amide bonds. The molecule has 8 heteroatoms. The fourth-order valence-corrected chi connectivity index (χ4v) is 2.87. The molecule has 0 bridgehead atoms. The minimum absolute atomic E-state index is 0. The molecule has 2 rings (SSSR count). The van der Waals surface area contributed by atoms with E-state index in [-0.39, 0.29) is 30.9 Å². The molecule has 0 aliphatic carbocycles. The van der Waals surface area contributed by atoms with Gasteiger partial charge in [-0.15, -0.1) is 24.8 Å². The van der Waals surface area contributed by atoms with Crippen LogP contribution < -0.4 is 15.0 Å². The fourth-order valence-electron chi connectivity index (χ4n) is 2.87.